The maximum absolute atomic E-state index is 12.8. The smallest absolute Gasteiger partial charge is 0.265 e. The topological polar surface area (TPSA) is 32.3 Å². The fourth-order valence-corrected chi connectivity index (χ4v) is 5.90. The first kappa shape index (κ1) is 18.1. The average Bonchev–Trinajstić information content (AvgIpc) is 3.10. The summed E-state index contributed by atoms with van der Waals surface area (Å²) < 4.78 is 0. The lowest BCUT2D eigenvalue weighted by Gasteiger charge is -2.27. The van der Waals surface area contributed by atoms with Gasteiger partial charge < -0.3 is 5.32 Å². The molecule has 1 saturated heterocycles. The van der Waals surface area contributed by atoms with Crippen molar-refractivity contribution in [2.75, 3.05) is 29.9 Å². The van der Waals surface area contributed by atoms with E-state index in [0.717, 1.165) is 43.0 Å². The first-order chi connectivity index (χ1) is 12.7. The summed E-state index contributed by atoms with van der Waals surface area (Å²) >= 11 is 3.71. The van der Waals surface area contributed by atoms with Gasteiger partial charge in [-0.1, -0.05) is 12.1 Å². The van der Waals surface area contributed by atoms with E-state index in [2.05, 4.69) is 35.3 Å². The van der Waals surface area contributed by atoms with Crippen LogP contribution in [-0.2, 0) is 19.4 Å². The Kier molecular flexibility index (Phi) is 5.67. The van der Waals surface area contributed by atoms with Gasteiger partial charge in [0.25, 0.3) is 5.91 Å². The summed E-state index contributed by atoms with van der Waals surface area (Å²) in [5, 5.41) is 3.16. The van der Waals surface area contributed by atoms with E-state index in [9.17, 15) is 4.79 Å². The molecule has 1 N–H and O–H groups in total. The molecule has 4 rings (SSSR count). The van der Waals surface area contributed by atoms with Gasteiger partial charge in [0.2, 0.25) is 0 Å². The van der Waals surface area contributed by atoms with E-state index in [4.69, 9.17) is 0 Å². The van der Waals surface area contributed by atoms with E-state index in [1.54, 1.807) is 11.3 Å². The first-order valence-electron chi connectivity index (χ1n) is 9.52. The number of carbonyl (C=O) groups is 1. The van der Waals surface area contributed by atoms with Gasteiger partial charge in [0.05, 0.1) is 4.88 Å². The lowest BCUT2D eigenvalue weighted by molar-refractivity contribution is 0.103. The number of fused-ring (bicyclic) bond motifs is 1. The summed E-state index contributed by atoms with van der Waals surface area (Å²) in [6, 6.07) is 8.39. The van der Waals surface area contributed by atoms with Crippen LogP contribution in [0.2, 0.25) is 0 Å². The molecular formula is C21H26N2OS2. The zero-order valence-corrected chi connectivity index (χ0v) is 17.0. The summed E-state index contributed by atoms with van der Waals surface area (Å²) in [7, 11) is 0. The first-order valence-corrected chi connectivity index (χ1v) is 11.5. The molecule has 26 heavy (non-hydrogen) atoms. The predicted octanol–water partition coefficient (Wildman–Crippen LogP) is 4.74. The maximum Gasteiger partial charge on any atom is 0.265 e. The molecule has 2 heterocycles. The summed E-state index contributed by atoms with van der Waals surface area (Å²) in [5.41, 5.74) is 4.85. The standard InChI is InChI=1S/C21H26N2OS2/c1-15-17(14-23-9-11-25-12-10-23)6-4-7-18(15)22-21(24)20-13-16-5-2-3-8-19(16)26-20/h4,6-7,13H,2-3,5,8-12,14H2,1H3,(H,22,24). The van der Waals surface area contributed by atoms with Crippen LogP contribution in [0.4, 0.5) is 5.69 Å². The van der Waals surface area contributed by atoms with Gasteiger partial charge in [-0.2, -0.15) is 11.8 Å². The van der Waals surface area contributed by atoms with Crippen LogP contribution >= 0.6 is 23.1 Å². The number of thioether (sulfide) groups is 1. The van der Waals surface area contributed by atoms with Crippen LogP contribution in [0.5, 0.6) is 0 Å². The van der Waals surface area contributed by atoms with E-state index in [1.807, 2.05) is 17.8 Å². The van der Waals surface area contributed by atoms with Gasteiger partial charge in [-0.05, 0) is 61.4 Å². The molecule has 0 atom stereocenters. The fourth-order valence-electron chi connectivity index (χ4n) is 3.78. The highest BCUT2D eigenvalue weighted by Crippen LogP contribution is 2.30. The predicted molar refractivity (Wildman–Crippen MR) is 113 cm³/mol. The molecule has 1 aromatic heterocycles. The number of aryl methyl sites for hydroxylation is 2. The van der Waals surface area contributed by atoms with Crippen LogP contribution in [0.3, 0.4) is 0 Å². The number of nitrogens with one attached hydrogen (secondary N) is 1. The number of hydrogen-bond donors (Lipinski definition) is 1. The average molecular weight is 387 g/mol. The molecule has 0 bridgehead atoms. The van der Waals surface area contributed by atoms with Crippen LogP contribution < -0.4 is 5.32 Å². The van der Waals surface area contributed by atoms with Crippen molar-refractivity contribution in [3.05, 3.63) is 50.7 Å². The van der Waals surface area contributed by atoms with Crippen molar-refractivity contribution >= 4 is 34.7 Å². The molecule has 1 fully saturated rings. The second-order valence-electron chi connectivity index (χ2n) is 7.20. The van der Waals surface area contributed by atoms with Gasteiger partial charge in [-0.3, -0.25) is 9.69 Å². The lowest BCUT2D eigenvalue weighted by Crippen LogP contribution is -2.32. The molecule has 2 aliphatic rings. The second-order valence-corrected chi connectivity index (χ2v) is 9.56. The minimum absolute atomic E-state index is 0.0408. The summed E-state index contributed by atoms with van der Waals surface area (Å²) in [5.74, 6) is 2.48. The Bertz CT molecular complexity index is 770. The Morgan fingerprint density at radius 3 is 2.81 bits per heavy atom. The van der Waals surface area contributed by atoms with Crippen molar-refractivity contribution in [3.8, 4) is 0 Å². The Morgan fingerprint density at radius 2 is 2.00 bits per heavy atom. The van der Waals surface area contributed by atoms with Crippen LogP contribution in [0.25, 0.3) is 0 Å². The van der Waals surface area contributed by atoms with Crippen molar-refractivity contribution in [2.24, 2.45) is 0 Å². The molecule has 1 aliphatic heterocycles. The number of rotatable bonds is 4. The fraction of sp³-hybridized carbons (Fsp3) is 0.476. The van der Waals surface area contributed by atoms with E-state index < -0.39 is 0 Å². The molecule has 1 aliphatic carbocycles. The zero-order valence-electron chi connectivity index (χ0n) is 15.3. The molecule has 2 aromatic rings. The lowest BCUT2D eigenvalue weighted by atomic mass is 9.99. The normalized spacial score (nSPS) is 17.7. The van der Waals surface area contributed by atoms with Crippen molar-refractivity contribution < 1.29 is 4.79 Å². The van der Waals surface area contributed by atoms with Gasteiger partial charge in [0.15, 0.2) is 0 Å². The van der Waals surface area contributed by atoms with E-state index in [-0.39, 0.29) is 5.91 Å². The monoisotopic (exact) mass is 386 g/mol. The quantitative estimate of drug-likeness (QED) is 0.824. The van der Waals surface area contributed by atoms with Gasteiger partial charge in [-0.25, -0.2) is 0 Å². The highest BCUT2D eigenvalue weighted by molar-refractivity contribution is 7.99. The van der Waals surface area contributed by atoms with Gasteiger partial charge in [-0.15, -0.1) is 11.3 Å². The number of nitrogens with zero attached hydrogens (tertiary/aromatic N) is 1. The molecule has 1 aromatic carbocycles. The largest absolute Gasteiger partial charge is 0.321 e. The third-order valence-electron chi connectivity index (χ3n) is 5.41. The summed E-state index contributed by atoms with van der Waals surface area (Å²) in [4.78, 5) is 17.6. The van der Waals surface area contributed by atoms with Crippen molar-refractivity contribution in [2.45, 2.75) is 39.2 Å². The Morgan fingerprint density at radius 1 is 1.19 bits per heavy atom. The van der Waals surface area contributed by atoms with Crippen molar-refractivity contribution in [3.63, 3.8) is 0 Å². The van der Waals surface area contributed by atoms with Gasteiger partial charge in [0, 0.05) is 41.7 Å². The molecule has 5 heteroatoms. The van der Waals surface area contributed by atoms with Crippen LogP contribution in [-0.4, -0.2) is 35.4 Å². The zero-order chi connectivity index (χ0) is 17.9. The number of thiophene rings is 1. The minimum atomic E-state index is 0.0408. The number of amides is 1. The Hall–Kier alpha value is -1.30. The van der Waals surface area contributed by atoms with Crippen molar-refractivity contribution in [1.29, 1.82) is 0 Å². The maximum atomic E-state index is 12.8. The van der Waals surface area contributed by atoms with E-state index in [0.29, 0.717) is 0 Å². The Balaban J connectivity index is 1.48. The molecule has 138 valence electrons. The number of hydrogen-bond acceptors (Lipinski definition) is 4. The Labute approximate surface area is 164 Å². The highest BCUT2D eigenvalue weighted by Gasteiger charge is 2.18. The SMILES string of the molecule is Cc1c(CN2CCSCC2)cccc1NC(=O)c1cc2c(s1)CCCC2. The molecule has 0 radical (unpaired) electrons. The molecule has 1 amide bonds. The van der Waals surface area contributed by atoms with Crippen LogP contribution in [0, 0.1) is 6.92 Å². The third-order valence-corrected chi connectivity index (χ3v) is 7.59. The van der Waals surface area contributed by atoms with E-state index >= 15 is 0 Å². The number of anilines is 1. The van der Waals surface area contributed by atoms with Crippen LogP contribution in [0.15, 0.2) is 24.3 Å². The molecular weight excluding hydrogens is 360 g/mol. The molecule has 0 unspecified atom stereocenters. The number of carbonyl (C=O) groups excluding carboxylic acids is 1. The van der Waals surface area contributed by atoms with Crippen LogP contribution in [0.1, 0.15) is 44.1 Å². The van der Waals surface area contributed by atoms with Crippen molar-refractivity contribution in [1.82, 2.24) is 4.90 Å². The van der Waals surface area contributed by atoms with Gasteiger partial charge in [0.1, 0.15) is 0 Å². The van der Waals surface area contributed by atoms with Gasteiger partial charge >= 0.3 is 0 Å². The molecule has 0 spiro atoms. The van der Waals surface area contributed by atoms with E-state index in [1.165, 1.54) is 45.9 Å². The third kappa shape index (κ3) is 4.00. The molecule has 0 saturated carbocycles. The molecule has 3 nitrogen and oxygen atoms in total. The highest BCUT2D eigenvalue weighted by atomic mass is 32.2. The summed E-state index contributed by atoms with van der Waals surface area (Å²) in [6.45, 7) is 5.41. The summed E-state index contributed by atoms with van der Waals surface area (Å²) in [6.07, 6.45) is 4.77. The number of benzene rings is 1. The second kappa shape index (κ2) is 8.15. The minimum Gasteiger partial charge on any atom is -0.321 e.